The number of amides is 1. The Kier molecular flexibility index (Phi) is 4.74. The van der Waals surface area contributed by atoms with Crippen molar-refractivity contribution < 1.29 is 14.7 Å². The zero-order valence-corrected chi connectivity index (χ0v) is 11.9. The first-order chi connectivity index (χ1) is 9.59. The molecule has 2 aromatic rings. The van der Waals surface area contributed by atoms with E-state index >= 15 is 0 Å². The molecule has 0 fully saturated rings. The molecule has 0 aromatic carbocycles. The molecule has 1 amide bonds. The molecule has 2 heterocycles. The molecular formula is C11H11N3O4S2. The van der Waals surface area contributed by atoms with E-state index in [1.165, 1.54) is 33.7 Å². The van der Waals surface area contributed by atoms with Crippen LogP contribution >= 0.6 is 23.1 Å². The van der Waals surface area contributed by atoms with Crippen LogP contribution in [0.5, 0.6) is 0 Å². The number of aromatic nitrogens is 2. The normalized spacial score (nSPS) is 10.6. The second kappa shape index (κ2) is 6.53. The van der Waals surface area contributed by atoms with Crippen LogP contribution in [0.4, 0.5) is 0 Å². The average Bonchev–Trinajstić information content (AvgIpc) is 2.87. The molecule has 2 N–H and O–H groups in total. The third-order valence-electron chi connectivity index (χ3n) is 2.34. The number of carboxylic acid groups (broad SMARTS) is 1. The van der Waals surface area contributed by atoms with Crippen LogP contribution < -0.4 is 10.9 Å². The molecule has 0 saturated carbocycles. The molecule has 0 aliphatic rings. The number of thiazole rings is 1. The van der Waals surface area contributed by atoms with Crippen LogP contribution in [-0.4, -0.2) is 44.4 Å². The fourth-order valence-corrected chi connectivity index (χ4v) is 2.71. The third-order valence-corrected chi connectivity index (χ3v) is 4.06. The highest BCUT2D eigenvalue weighted by molar-refractivity contribution is 7.99. The minimum absolute atomic E-state index is 0.0129. The van der Waals surface area contributed by atoms with Gasteiger partial charge in [-0.25, -0.2) is 4.98 Å². The maximum absolute atomic E-state index is 12.0. The number of nitrogens with one attached hydrogen (secondary N) is 1. The Morgan fingerprint density at radius 1 is 1.50 bits per heavy atom. The number of carbonyl (C=O) groups excluding carboxylic acids is 1. The van der Waals surface area contributed by atoms with Crippen LogP contribution in [0.25, 0.3) is 4.96 Å². The predicted octanol–water partition coefficient (Wildman–Crippen LogP) is 0.304. The molecule has 2 rings (SSSR count). The van der Waals surface area contributed by atoms with E-state index in [0.717, 1.165) is 0 Å². The van der Waals surface area contributed by atoms with Crippen molar-refractivity contribution in [2.75, 3.05) is 18.1 Å². The predicted molar refractivity (Wildman–Crippen MR) is 76.6 cm³/mol. The molecule has 0 spiro atoms. The SMILES string of the molecule is O=C(O)CSCCNC(=O)c1cnc2sccn2c1=O. The average molecular weight is 313 g/mol. The van der Waals surface area contributed by atoms with Crippen LogP contribution in [0.15, 0.2) is 22.6 Å². The van der Waals surface area contributed by atoms with Gasteiger partial charge in [-0.3, -0.25) is 18.8 Å². The lowest BCUT2D eigenvalue weighted by atomic mass is 10.3. The van der Waals surface area contributed by atoms with Gasteiger partial charge >= 0.3 is 5.97 Å². The number of thioether (sulfide) groups is 1. The lowest BCUT2D eigenvalue weighted by molar-refractivity contribution is -0.133. The van der Waals surface area contributed by atoms with Gasteiger partial charge < -0.3 is 10.4 Å². The van der Waals surface area contributed by atoms with Crippen LogP contribution in [0.3, 0.4) is 0 Å². The van der Waals surface area contributed by atoms with Crippen molar-refractivity contribution in [3.8, 4) is 0 Å². The lowest BCUT2D eigenvalue weighted by Crippen LogP contribution is -2.32. The Morgan fingerprint density at radius 3 is 3.05 bits per heavy atom. The molecule has 0 unspecified atom stereocenters. The highest BCUT2D eigenvalue weighted by atomic mass is 32.2. The van der Waals surface area contributed by atoms with Crippen molar-refractivity contribution in [2.45, 2.75) is 0 Å². The Labute approximate surface area is 121 Å². The number of nitrogens with zero attached hydrogens (tertiary/aromatic N) is 2. The molecule has 2 aromatic heterocycles. The lowest BCUT2D eigenvalue weighted by Gasteiger charge is -2.04. The first kappa shape index (κ1) is 14.5. The van der Waals surface area contributed by atoms with E-state index in [-0.39, 0.29) is 11.3 Å². The van der Waals surface area contributed by atoms with Crippen molar-refractivity contribution in [1.82, 2.24) is 14.7 Å². The number of fused-ring (bicyclic) bond motifs is 1. The maximum atomic E-state index is 12.0. The molecule has 0 atom stereocenters. The van der Waals surface area contributed by atoms with Gasteiger partial charge in [0.1, 0.15) is 5.56 Å². The van der Waals surface area contributed by atoms with Crippen molar-refractivity contribution in [3.05, 3.63) is 33.7 Å². The standard InChI is InChI=1S/C11H11N3O4S2/c15-8(16)6-19-3-1-12-9(17)7-5-13-11-14(10(7)18)2-4-20-11/h2,4-5H,1,3,6H2,(H,12,17)(H,15,16). The number of carboxylic acids is 1. The Morgan fingerprint density at radius 2 is 2.30 bits per heavy atom. The smallest absolute Gasteiger partial charge is 0.313 e. The number of carbonyl (C=O) groups is 2. The summed E-state index contributed by atoms with van der Waals surface area (Å²) < 4.78 is 1.32. The fourth-order valence-electron chi connectivity index (χ4n) is 1.47. The summed E-state index contributed by atoms with van der Waals surface area (Å²) in [5.74, 6) is -0.945. The van der Waals surface area contributed by atoms with E-state index in [9.17, 15) is 14.4 Å². The van der Waals surface area contributed by atoms with E-state index in [2.05, 4.69) is 10.3 Å². The van der Waals surface area contributed by atoms with Crippen LogP contribution in [-0.2, 0) is 4.79 Å². The minimum Gasteiger partial charge on any atom is -0.481 e. The van der Waals surface area contributed by atoms with Gasteiger partial charge in [-0.05, 0) is 0 Å². The van der Waals surface area contributed by atoms with Crippen LogP contribution in [0.1, 0.15) is 10.4 Å². The zero-order chi connectivity index (χ0) is 14.5. The highest BCUT2D eigenvalue weighted by Crippen LogP contribution is 2.05. The van der Waals surface area contributed by atoms with Gasteiger partial charge in [-0.1, -0.05) is 0 Å². The molecule has 106 valence electrons. The molecule has 9 heteroatoms. The summed E-state index contributed by atoms with van der Waals surface area (Å²) in [5.41, 5.74) is -0.434. The van der Waals surface area contributed by atoms with Gasteiger partial charge in [0.05, 0.1) is 5.75 Å². The summed E-state index contributed by atoms with van der Waals surface area (Å²) in [6.45, 7) is 0.294. The summed E-state index contributed by atoms with van der Waals surface area (Å²) in [7, 11) is 0. The monoisotopic (exact) mass is 313 g/mol. The quantitative estimate of drug-likeness (QED) is 0.744. The molecule has 0 saturated heterocycles. The summed E-state index contributed by atoms with van der Waals surface area (Å²) in [6.07, 6.45) is 2.82. The summed E-state index contributed by atoms with van der Waals surface area (Å²) in [4.78, 5) is 38.7. The van der Waals surface area contributed by atoms with E-state index in [1.54, 1.807) is 11.6 Å². The Balaban J connectivity index is 1.96. The molecule has 0 aliphatic heterocycles. The summed E-state index contributed by atoms with van der Waals surface area (Å²) in [5, 5.41) is 12.7. The van der Waals surface area contributed by atoms with Gasteiger partial charge in [-0.15, -0.1) is 23.1 Å². The third kappa shape index (κ3) is 3.36. The van der Waals surface area contributed by atoms with Gasteiger partial charge in [0.25, 0.3) is 11.5 Å². The van der Waals surface area contributed by atoms with E-state index < -0.39 is 17.4 Å². The zero-order valence-electron chi connectivity index (χ0n) is 10.2. The maximum Gasteiger partial charge on any atom is 0.313 e. The van der Waals surface area contributed by atoms with E-state index in [0.29, 0.717) is 17.3 Å². The van der Waals surface area contributed by atoms with E-state index in [1.807, 2.05) is 0 Å². The number of hydrogen-bond acceptors (Lipinski definition) is 6. The second-order valence-corrected chi connectivity index (χ2v) is 5.71. The minimum atomic E-state index is -0.897. The Bertz CT molecular complexity index is 694. The number of hydrogen-bond donors (Lipinski definition) is 2. The number of rotatable bonds is 6. The van der Waals surface area contributed by atoms with Gasteiger partial charge in [0, 0.05) is 30.1 Å². The fraction of sp³-hybridized carbons (Fsp3) is 0.273. The summed E-state index contributed by atoms with van der Waals surface area (Å²) >= 11 is 2.51. The largest absolute Gasteiger partial charge is 0.481 e. The topological polar surface area (TPSA) is 101 Å². The molecule has 0 bridgehead atoms. The first-order valence-corrected chi connectivity index (χ1v) is 7.65. The van der Waals surface area contributed by atoms with Crippen LogP contribution in [0.2, 0.25) is 0 Å². The van der Waals surface area contributed by atoms with Gasteiger partial charge in [0.15, 0.2) is 4.96 Å². The first-order valence-electron chi connectivity index (χ1n) is 5.62. The molecule has 0 aliphatic carbocycles. The summed E-state index contributed by atoms with van der Waals surface area (Å²) in [6, 6.07) is 0. The molecular weight excluding hydrogens is 302 g/mol. The van der Waals surface area contributed by atoms with Gasteiger partial charge in [0.2, 0.25) is 0 Å². The highest BCUT2D eigenvalue weighted by Gasteiger charge is 2.13. The van der Waals surface area contributed by atoms with Crippen LogP contribution in [0, 0.1) is 0 Å². The van der Waals surface area contributed by atoms with Crippen molar-refractivity contribution >= 4 is 39.9 Å². The van der Waals surface area contributed by atoms with E-state index in [4.69, 9.17) is 5.11 Å². The van der Waals surface area contributed by atoms with Crippen molar-refractivity contribution in [3.63, 3.8) is 0 Å². The number of aliphatic carboxylic acids is 1. The molecule has 7 nitrogen and oxygen atoms in total. The Hall–Kier alpha value is -1.87. The molecule has 0 radical (unpaired) electrons. The van der Waals surface area contributed by atoms with Crippen molar-refractivity contribution in [2.24, 2.45) is 0 Å². The molecule has 20 heavy (non-hydrogen) atoms. The van der Waals surface area contributed by atoms with Gasteiger partial charge in [-0.2, -0.15) is 0 Å². The second-order valence-electron chi connectivity index (χ2n) is 3.73. The van der Waals surface area contributed by atoms with Crippen molar-refractivity contribution in [1.29, 1.82) is 0 Å².